The zero-order chi connectivity index (χ0) is 19.3. The molecule has 28 heavy (non-hydrogen) atoms. The van der Waals surface area contributed by atoms with Gasteiger partial charge in [0.25, 0.3) is 5.91 Å². The fourth-order valence-corrected chi connectivity index (χ4v) is 3.05. The molecule has 0 aliphatic carbocycles. The van der Waals surface area contributed by atoms with Crippen LogP contribution in [-0.2, 0) is 11.3 Å². The van der Waals surface area contributed by atoms with E-state index in [1.165, 1.54) is 5.56 Å². The number of nitrogens with zero attached hydrogens (tertiary/aromatic N) is 1. The Hall–Kier alpha value is -3.60. The summed E-state index contributed by atoms with van der Waals surface area (Å²) in [6, 6.07) is 23.4. The minimum Gasteiger partial charge on any atom is -0.483 e. The van der Waals surface area contributed by atoms with E-state index >= 15 is 0 Å². The SMILES string of the molecule is Cc1ccccc1OCC(=O)Nc1ccc(C2=NCc3ccccc3N2)cc1. The van der Waals surface area contributed by atoms with Crippen molar-refractivity contribution in [1.29, 1.82) is 0 Å². The molecule has 1 amide bonds. The molecule has 140 valence electrons. The number of rotatable bonds is 5. The van der Waals surface area contributed by atoms with Gasteiger partial charge in [0.05, 0.1) is 6.54 Å². The van der Waals surface area contributed by atoms with Crippen molar-refractivity contribution in [2.75, 3.05) is 17.2 Å². The van der Waals surface area contributed by atoms with Crippen molar-refractivity contribution in [1.82, 2.24) is 0 Å². The number of anilines is 2. The van der Waals surface area contributed by atoms with E-state index in [1.54, 1.807) is 0 Å². The van der Waals surface area contributed by atoms with Crippen LogP contribution in [0.25, 0.3) is 0 Å². The smallest absolute Gasteiger partial charge is 0.262 e. The highest BCUT2D eigenvalue weighted by Gasteiger charge is 2.12. The molecule has 1 heterocycles. The van der Waals surface area contributed by atoms with E-state index in [2.05, 4.69) is 21.7 Å². The minimum absolute atomic E-state index is 0.0301. The summed E-state index contributed by atoms with van der Waals surface area (Å²) in [5.74, 6) is 1.35. The Balaban J connectivity index is 1.35. The van der Waals surface area contributed by atoms with Crippen molar-refractivity contribution in [3.63, 3.8) is 0 Å². The van der Waals surface area contributed by atoms with Crippen LogP contribution in [-0.4, -0.2) is 18.3 Å². The number of hydrogen-bond donors (Lipinski definition) is 2. The molecule has 4 rings (SSSR count). The second-order valence-corrected chi connectivity index (χ2v) is 6.63. The van der Waals surface area contributed by atoms with E-state index in [-0.39, 0.29) is 12.5 Å². The lowest BCUT2D eigenvalue weighted by atomic mass is 10.1. The molecule has 0 spiro atoms. The van der Waals surface area contributed by atoms with Gasteiger partial charge in [-0.25, -0.2) is 0 Å². The molecule has 3 aromatic rings. The molecule has 0 atom stereocenters. The van der Waals surface area contributed by atoms with E-state index in [9.17, 15) is 4.79 Å². The van der Waals surface area contributed by atoms with Crippen molar-refractivity contribution in [3.05, 3.63) is 89.5 Å². The van der Waals surface area contributed by atoms with Gasteiger partial charge in [0.2, 0.25) is 0 Å². The normalized spacial score (nSPS) is 12.4. The summed E-state index contributed by atoms with van der Waals surface area (Å²) in [4.78, 5) is 16.7. The van der Waals surface area contributed by atoms with Gasteiger partial charge in [-0.05, 0) is 54.4 Å². The number of carbonyl (C=O) groups excluding carboxylic acids is 1. The molecule has 0 radical (unpaired) electrons. The number of para-hydroxylation sites is 2. The molecule has 0 aromatic heterocycles. The van der Waals surface area contributed by atoms with E-state index < -0.39 is 0 Å². The van der Waals surface area contributed by atoms with Crippen molar-refractivity contribution in [2.45, 2.75) is 13.5 Å². The highest BCUT2D eigenvalue weighted by Crippen LogP contribution is 2.22. The predicted octanol–water partition coefficient (Wildman–Crippen LogP) is 4.38. The molecule has 5 heteroatoms. The second kappa shape index (κ2) is 7.96. The lowest BCUT2D eigenvalue weighted by Gasteiger charge is -2.18. The summed E-state index contributed by atoms with van der Waals surface area (Å²) in [5, 5.41) is 6.21. The van der Waals surface area contributed by atoms with Gasteiger partial charge in [-0.1, -0.05) is 36.4 Å². The summed E-state index contributed by atoms with van der Waals surface area (Å²) in [6.07, 6.45) is 0. The van der Waals surface area contributed by atoms with Gasteiger partial charge in [-0.15, -0.1) is 0 Å². The number of benzene rings is 3. The maximum Gasteiger partial charge on any atom is 0.262 e. The van der Waals surface area contributed by atoms with Gasteiger partial charge in [-0.2, -0.15) is 0 Å². The lowest BCUT2D eigenvalue weighted by molar-refractivity contribution is -0.118. The molecule has 1 aliphatic rings. The first-order chi connectivity index (χ1) is 13.7. The monoisotopic (exact) mass is 371 g/mol. The quantitative estimate of drug-likeness (QED) is 0.699. The largest absolute Gasteiger partial charge is 0.483 e. The number of aliphatic imine (C=N–C) groups is 1. The molecule has 0 saturated carbocycles. The molecular formula is C23H21N3O2. The van der Waals surface area contributed by atoms with E-state index in [4.69, 9.17) is 4.74 Å². The van der Waals surface area contributed by atoms with Gasteiger partial charge in [-0.3, -0.25) is 9.79 Å². The van der Waals surface area contributed by atoms with Gasteiger partial charge in [0.1, 0.15) is 11.6 Å². The van der Waals surface area contributed by atoms with E-state index in [1.807, 2.05) is 73.7 Å². The molecule has 0 saturated heterocycles. The van der Waals surface area contributed by atoms with Gasteiger partial charge >= 0.3 is 0 Å². The minimum atomic E-state index is -0.196. The van der Waals surface area contributed by atoms with Crippen LogP contribution in [0.4, 0.5) is 11.4 Å². The van der Waals surface area contributed by atoms with Crippen LogP contribution in [0.3, 0.4) is 0 Å². The molecule has 0 bridgehead atoms. The van der Waals surface area contributed by atoms with Crippen LogP contribution in [0.2, 0.25) is 0 Å². The number of fused-ring (bicyclic) bond motifs is 1. The van der Waals surface area contributed by atoms with Crippen LogP contribution in [0.15, 0.2) is 77.8 Å². The summed E-state index contributed by atoms with van der Waals surface area (Å²) in [6.45, 7) is 2.58. The summed E-state index contributed by atoms with van der Waals surface area (Å²) in [5.41, 5.74) is 4.96. The Morgan fingerprint density at radius 2 is 1.79 bits per heavy atom. The number of amidine groups is 1. The molecular weight excluding hydrogens is 350 g/mol. The summed E-state index contributed by atoms with van der Waals surface area (Å²) < 4.78 is 5.58. The van der Waals surface area contributed by atoms with Crippen molar-refractivity contribution in [3.8, 4) is 5.75 Å². The molecule has 3 aromatic carbocycles. The van der Waals surface area contributed by atoms with Crippen molar-refractivity contribution < 1.29 is 9.53 Å². The molecule has 1 aliphatic heterocycles. The number of hydrogen-bond acceptors (Lipinski definition) is 4. The lowest BCUT2D eigenvalue weighted by Crippen LogP contribution is -2.21. The van der Waals surface area contributed by atoms with E-state index in [0.717, 1.165) is 34.1 Å². The first-order valence-corrected chi connectivity index (χ1v) is 9.17. The molecule has 5 nitrogen and oxygen atoms in total. The number of amides is 1. The van der Waals surface area contributed by atoms with Gasteiger partial charge in [0, 0.05) is 16.9 Å². The zero-order valence-electron chi connectivity index (χ0n) is 15.6. The van der Waals surface area contributed by atoms with Crippen LogP contribution < -0.4 is 15.4 Å². The Labute approximate surface area is 164 Å². The topological polar surface area (TPSA) is 62.7 Å². The number of ether oxygens (including phenoxy) is 1. The summed E-state index contributed by atoms with van der Waals surface area (Å²) >= 11 is 0. The summed E-state index contributed by atoms with van der Waals surface area (Å²) in [7, 11) is 0. The third-order valence-corrected chi connectivity index (χ3v) is 4.57. The third-order valence-electron chi connectivity index (χ3n) is 4.57. The van der Waals surface area contributed by atoms with E-state index in [0.29, 0.717) is 6.54 Å². The highest BCUT2D eigenvalue weighted by molar-refractivity contribution is 6.09. The van der Waals surface area contributed by atoms with Crippen LogP contribution in [0, 0.1) is 6.92 Å². The van der Waals surface area contributed by atoms with Gasteiger partial charge < -0.3 is 15.4 Å². The first-order valence-electron chi connectivity index (χ1n) is 9.17. The Kier molecular flexibility index (Phi) is 5.06. The maximum atomic E-state index is 12.1. The average Bonchev–Trinajstić information content (AvgIpc) is 2.73. The fraction of sp³-hybridized carbons (Fsp3) is 0.130. The predicted molar refractivity (Wildman–Crippen MR) is 112 cm³/mol. The zero-order valence-corrected chi connectivity index (χ0v) is 15.6. The van der Waals surface area contributed by atoms with Crippen molar-refractivity contribution in [2.24, 2.45) is 4.99 Å². The Morgan fingerprint density at radius 1 is 1.04 bits per heavy atom. The highest BCUT2D eigenvalue weighted by atomic mass is 16.5. The molecule has 0 fully saturated rings. The second-order valence-electron chi connectivity index (χ2n) is 6.63. The maximum absolute atomic E-state index is 12.1. The number of nitrogens with one attached hydrogen (secondary N) is 2. The van der Waals surface area contributed by atoms with Gasteiger partial charge in [0.15, 0.2) is 6.61 Å². The average molecular weight is 371 g/mol. The Morgan fingerprint density at radius 3 is 2.61 bits per heavy atom. The standard InChI is InChI=1S/C23H21N3O2/c1-16-6-2-5-9-21(16)28-15-22(27)25-19-12-10-17(11-13-19)23-24-14-18-7-3-4-8-20(18)26-23/h2-13H,14-15H2,1H3,(H,24,26)(H,25,27). The number of aryl methyl sites for hydroxylation is 1. The fourth-order valence-electron chi connectivity index (χ4n) is 3.05. The van der Waals surface area contributed by atoms with Crippen LogP contribution in [0.1, 0.15) is 16.7 Å². The van der Waals surface area contributed by atoms with Crippen LogP contribution >= 0.6 is 0 Å². The van der Waals surface area contributed by atoms with Crippen molar-refractivity contribution >= 4 is 23.1 Å². The first kappa shape index (κ1) is 17.8. The molecule has 2 N–H and O–H groups in total. The number of carbonyl (C=O) groups is 1. The molecule has 0 unspecified atom stereocenters. The third kappa shape index (κ3) is 4.04. The van der Waals surface area contributed by atoms with Crippen LogP contribution in [0.5, 0.6) is 5.75 Å². The Bertz CT molecular complexity index is 1030.